The predicted octanol–water partition coefficient (Wildman–Crippen LogP) is 6.49. The molecule has 6 heteroatoms. The summed E-state index contributed by atoms with van der Waals surface area (Å²) >= 11 is 5.31. The molecule has 0 aliphatic carbocycles. The van der Waals surface area contributed by atoms with E-state index in [9.17, 15) is 5.11 Å². The number of para-hydroxylation sites is 1. The summed E-state index contributed by atoms with van der Waals surface area (Å²) in [7, 11) is 0. The number of aromatic hydroxyl groups is 1. The van der Waals surface area contributed by atoms with Crippen molar-refractivity contribution in [3.63, 3.8) is 0 Å². The summed E-state index contributed by atoms with van der Waals surface area (Å²) < 4.78 is 1.85. The quantitative estimate of drug-likeness (QED) is 0.296. The van der Waals surface area contributed by atoms with Gasteiger partial charge in [-0.15, -0.1) is 10.2 Å². The molecule has 0 unspecified atom stereocenters. The number of nitrogens with zero attached hydrogens (tertiary/aromatic N) is 3. The number of aryl methyl sites for hydroxylation is 2. The van der Waals surface area contributed by atoms with Gasteiger partial charge >= 0.3 is 0 Å². The Balaban J connectivity index is 1.66. The fourth-order valence-electron chi connectivity index (χ4n) is 3.45. The average Bonchev–Trinajstić information content (AvgIpc) is 2.99. The highest BCUT2D eigenvalue weighted by Gasteiger charge is 2.17. The average molecular weight is 415 g/mol. The molecule has 4 aromatic rings. The number of benzene rings is 3. The van der Waals surface area contributed by atoms with Crippen LogP contribution in [0.25, 0.3) is 10.9 Å². The molecule has 0 saturated heterocycles. The van der Waals surface area contributed by atoms with Crippen LogP contribution in [0.15, 0.2) is 83.0 Å². The molecule has 0 amide bonds. The molecule has 5 nitrogen and oxygen atoms in total. The molecule has 0 atom stereocenters. The lowest BCUT2D eigenvalue weighted by Crippen LogP contribution is -2.04. The third-order valence-corrected chi connectivity index (χ3v) is 5.20. The molecular formula is C24H22N4OS. The Kier molecular flexibility index (Phi) is 5.59. The number of aromatic nitrogens is 1. The van der Waals surface area contributed by atoms with Crippen molar-refractivity contribution >= 4 is 39.6 Å². The number of hydrogen-bond donors (Lipinski definition) is 2. The molecule has 0 fully saturated rings. The van der Waals surface area contributed by atoms with E-state index in [0.717, 1.165) is 27.7 Å². The number of anilines is 1. The first-order valence-electron chi connectivity index (χ1n) is 9.67. The van der Waals surface area contributed by atoms with Crippen LogP contribution in [-0.2, 0) is 6.54 Å². The molecule has 4 rings (SSSR count). The Bertz CT molecular complexity index is 1260. The van der Waals surface area contributed by atoms with Crippen molar-refractivity contribution in [2.45, 2.75) is 20.4 Å². The smallest absolute Gasteiger partial charge is 0.221 e. The maximum absolute atomic E-state index is 10.9. The van der Waals surface area contributed by atoms with Crippen LogP contribution in [0.3, 0.4) is 0 Å². The minimum absolute atomic E-state index is 0.0709. The first-order valence-corrected chi connectivity index (χ1v) is 10.1. The van der Waals surface area contributed by atoms with Gasteiger partial charge in [-0.1, -0.05) is 54.6 Å². The molecule has 1 aromatic heterocycles. The Morgan fingerprint density at radius 1 is 1.00 bits per heavy atom. The summed E-state index contributed by atoms with van der Waals surface area (Å²) in [5.74, 6) is 0.0709. The topological polar surface area (TPSA) is 61.9 Å². The fraction of sp³-hybridized carbons (Fsp3) is 0.125. The highest BCUT2D eigenvalue weighted by atomic mass is 32.1. The highest BCUT2D eigenvalue weighted by molar-refractivity contribution is 7.80. The summed E-state index contributed by atoms with van der Waals surface area (Å²) in [6.45, 7) is 4.62. The van der Waals surface area contributed by atoms with Gasteiger partial charge in [-0.3, -0.25) is 0 Å². The van der Waals surface area contributed by atoms with Crippen molar-refractivity contribution < 1.29 is 5.11 Å². The molecule has 0 aliphatic heterocycles. The first-order chi connectivity index (χ1) is 14.5. The van der Waals surface area contributed by atoms with E-state index in [2.05, 4.69) is 34.6 Å². The summed E-state index contributed by atoms with van der Waals surface area (Å²) in [5, 5.41) is 23.5. The third-order valence-electron chi connectivity index (χ3n) is 5.02. The van der Waals surface area contributed by atoms with E-state index in [4.69, 9.17) is 12.2 Å². The van der Waals surface area contributed by atoms with Gasteiger partial charge in [0.2, 0.25) is 11.0 Å². The van der Waals surface area contributed by atoms with E-state index in [1.807, 2.05) is 72.2 Å². The van der Waals surface area contributed by atoms with Gasteiger partial charge in [0, 0.05) is 11.1 Å². The molecule has 0 bridgehead atoms. The fourth-order valence-corrected chi connectivity index (χ4v) is 3.61. The lowest BCUT2D eigenvalue weighted by Gasteiger charge is -2.09. The standard InChI is InChI=1S/C24H22N4OS/c1-16-8-7-11-19(14-16)25-24(30)27-26-22-20-12-5-6-13-21(20)28(23(22)29)15-18-10-4-3-9-17(18)2/h3-14,29H,15H2,1-2H3,(H,25,30). The summed E-state index contributed by atoms with van der Waals surface area (Å²) in [6.07, 6.45) is 0. The van der Waals surface area contributed by atoms with Gasteiger partial charge < -0.3 is 15.0 Å². The summed E-state index contributed by atoms with van der Waals surface area (Å²) in [4.78, 5) is 0. The van der Waals surface area contributed by atoms with E-state index in [-0.39, 0.29) is 11.0 Å². The first kappa shape index (κ1) is 19.8. The maximum atomic E-state index is 10.9. The van der Waals surface area contributed by atoms with Crippen molar-refractivity contribution in [2.24, 2.45) is 10.2 Å². The van der Waals surface area contributed by atoms with E-state index in [1.165, 1.54) is 5.56 Å². The molecule has 0 aliphatic rings. The lowest BCUT2D eigenvalue weighted by molar-refractivity contribution is 0.429. The van der Waals surface area contributed by atoms with Gasteiger partial charge in [0.25, 0.3) is 0 Å². The van der Waals surface area contributed by atoms with Crippen LogP contribution in [-0.4, -0.2) is 14.8 Å². The van der Waals surface area contributed by atoms with Crippen LogP contribution in [0.4, 0.5) is 11.4 Å². The van der Waals surface area contributed by atoms with Crippen molar-refractivity contribution in [1.29, 1.82) is 0 Å². The van der Waals surface area contributed by atoms with E-state index in [0.29, 0.717) is 12.2 Å². The van der Waals surface area contributed by atoms with Crippen LogP contribution >= 0.6 is 12.2 Å². The second-order valence-electron chi connectivity index (χ2n) is 7.20. The molecule has 0 saturated carbocycles. The van der Waals surface area contributed by atoms with E-state index >= 15 is 0 Å². The lowest BCUT2D eigenvalue weighted by atomic mass is 10.1. The van der Waals surface area contributed by atoms with Crippen LogP contribution in [0.1, 0.15) is 16.7 Å². The van der Waals surface area contributed by atoms with Gasteiger partial charge in [-0.05, 0) is 61.0 Å². The summed E-state index contributed by atoms with van der Waals surface area (Å²) in [5.41, 5.74) is 5.58. The number of thiocarbonyl (C=S) groups is 1. The zero-order valence-corrected chi connectivity index (χ0v) is 17.6. The number of nitrogens with one attached hydrogen (secondary N) is 1. The van der Waals surface area contributed by atoms with Crippen LogP contribution in [0.5, 0.6) is 5.88 Å². The third kappa shape index (κ3) is 4.09. The molecule has 0 spiro atoms. The number of hydrogen-bond acceptors (Lipinski definition) is 3. The molecule has 30 heavy (non-hydrogen) atoms. The highest BCUT2D eigenvalue weighted by Crippen LogP contribution is 2.39. The van der Waals surface area contributed by atoms with E-state index in [1.54, 1.807) is 0 Å². The van der Waals surface area contributed by atoms with Crippen molar-refractivity contribution in [2.75, 3.05) is 5.32 Å². The largest absolute Gasteiger partial charge is 0.493 e. The monoisotopic (exact) mass is 414 g/mol. The van der Waals surface area contributed by atoms with Gasteiger partial charge in [0.15, 0.2) is 5.69 Å². The van der Waals surface area contributed by atoms with Gasteiger partial charge in [0.05, 0.1) is 12.1 Å². The van der Waals surface area contributed by atoms with Crippen LogP contribution in [0, 0.1) is 13.8 Å². The van der Waals surface area contributed by atoms with E-state index < -0.39 is 0 Å². The van der Waals surface area contributed by atoms with Gasteiger partial charge in [-0.2, -0.15) is 0 Å². The molecule has 0 radical (unpaired) electrons. The zero-order valence-electron chi connectivity index (χ0n) is 16.8. The Morgan fingerprint density at radius 2 is 1.77 bits per heavy atom. The van der Waals surface area contributed by atoms with Crippen molar-refractivity contribution in [3.8, 4) is 5.88 Å². The van der Waals surface area contributed by atoms with Crippen LogP contribution < -0.4 is 5.32 Å². The van der Waals surface area contributed by atoms with Crippen LogP contribution in [0.2, 0.25) is 0 Å². The second-order valence-corrected chi connectivity index (χ2v) is 7.59. The normalized spacial score (nSPS) is 11.3. The minimum Gasteiger partial charge on any atom is -0.493 e. The SMILES string of the molecule is Cc1cccc(NC(=S)N=Nc2c(O)n(Cc3ccccc3C)c3ccccc23)c1. The van der Waals surface area contributed by atoms with Crippen molar-refractivity contribution in [1.82, 2.24) is 4.57 Å². The number of rotatable bonds is 4. The predicted molar refractivity (Wildman–Crippen MR) is 126 cm³/mol. The summed E-state index contributed by atoms with van der Waals surface area (Å²) in [6, 6.07) is 23.7. The molecule has 150 valence electrons. The molecule has 1 heterocycles. The Morgan fingerprint density at radius 3 is 2.57 bits per heavy atom. The second kappa shape index (κ2) is 8.47. The van der Waals surface area contributed by atoms with Gasteiger partial charge in [0.1, 0.15) is 0 Å². The van der Waals surface area contributed by atoms with Gasteiger partial charge in [-0.25, -0.2) is 0 Å². The Labute approximate surface area is 180 Å². The minimum atomic E-state index is 0.0709. The zero-order chi connectivity index (χ0) is 21.1. The number of fused-ring (bicyclic) bond motifs is 1. The molecule has 3 aromatic carbocycles. The maximum Gasteiger partial charge on any atom is 0.221 e. The molecule has 2 N–H and O–H groups in total. The molecular weight excluding hydrogens is 392 g/mol. The Hall–Kier alpha value is -3.51. The van der Waals surface area contributed by atoms with Crippen molar-refractivity contribution in [3.05, 3.63) is 89.5 Å². The number of azo groups is 1.